The van der Waals surface area contributed by atoms with Gasteiger partial charge in [0.15, 0.2) is 18.1 Å². The fraction of sp³-hybridized carbons (Fsp3) is 0.129. The molecular weight excluding hydrogens is 592 g/mol. The van der Waals surface area contributed by atoms with Gasteiger partial charge in [-0.25, -0.2) is 0 Å². The lowest BCUT2D eigenvalue weighted by atomic mass is 10.0. The summed E-state index contributed by atoms with van der Waals surface area (Å²) >= 11 is 4.41. The first-order valence-corrected chi connectivity index (χ1v) is 14.2. The zero-order chi connectivity index (χ0) is 28.1. The van der Waals surface area contributed by atoms with Gasteiger partial charge in [0.05, 0.1) is 22.5 Å². The van der Waals surface area contributed by atoms with Crippen molar-refractivity contribution in [2.24, 2.45) is 0 Å². The third kappa shape index (κ3) is 6.21. The second-order valence-corrected chi connectivity index (χ2v) is 10.7. The highest BCUT2D eigenvalue weighted by atomic mass is 79.9. The Balaban J connectivity index is 1.33. The van der Waals surface area contributed by atoms with Gasteiger partial charge in [0, 0.05) is 5.69 Å². The van der Waals surface area contributed by atoms with Gasteiger partial charge < -0.3 is 14.8 Å². The molecule has 0 aromatic heterocycles. The third-order valence-electron chi connectivity index (χ3n) is 6.12. The number of nitrogens with zero attached hydrogens (tertiary/aromatic N) is 1. The standard InChI is InChI=1S/C31H25BrN2O5S/c1-2-38-26-16-20(15-25(32)29(26)39-19-28(35)33-23-12-4-3-5-13-23)17-27-30(36)34(31(37)40-27)18-22-11-8-10-21-9-6-7-14-24(21)22/h3-17H,2,18-19H2,1H3,(H,33,35)/b27-17-. The molecule has 202 valence electrons. The monoisotopic (exact) mass is 616 g/mol. The van der Waals surface area contributed by atoms with Gasteiger partial charge in [0.25, 0.3) is 17.1 Å². The van der Waals surface area contributed by atoms with E-state index in [4.69, 9.17) is 9.47 Å². The molecule has 0 aliphatic carbocycles. The van der Waals surface area contributed by atoms with E-state index in [1.165, 1.54) is 4.90 Å². The van der Waals surface area contributed by atoms with Crippen molar-refractivity contribution >= 4 is 67.3 Å². The summed E-state index contributed by atoms with van der Waals surface area (Å²) in [5, 5.41) is 4.51. The van der Waals surface area contributed by atoms with E-state index in [0.717, 1.165) is 28.1 Å². The maximum atomic E-state index is 13.3. The van der Waals surface area contributed by atoms with Crippen molar-refractivity contribution in [3.8, 4) is 11.5 Å². The third-order valence-corrected chi connectivity index (χ3v) is 7.61. The Kier molecular flexibility index (Phi) is 8.52. The number of anilines is 1. The number of amides is 3. The highest BCUT2D eigenvalue weighted by molar-refractivity contribution is 9.10. The topological polar surface area (TPSA) is 84.9 Å². The lowest BCUT2D eigenvalue weighted by Crippen LogP contribution is -2.27. The molecule has 0 saturated carbocycles. The molecule has 1 N–H and O–H groups in total. The van der Waals surface area contributed by atoms with E-state index in [9.17, 15) is 14.4 Å². The predicted molar refractivity (Wildman–Crippen MR) is 161 cm³/mol. The number of ether oxygens (including phenoxy) is 2. The van der Waals surface area contributed by atoms with Gasteiger partial charge in [0.2, 0.25) is 0 Å². The van der Waals surface area contributed by atoms with E-state index < -0.39 is 0 Å². The van der Waals surface area contributed by atoms with Crippen LogP contribution in [0.15, 0.2) is 94.3 Å². The molecule has 0 atom stereocenters. The Morgan fingerprint density at radius 1 is 0.975 bits per heavy atom. The van der Waals surface area contributed by atoms with E-state index in [1.54, 1.807) is 30.3 Å². The molecule has 0 bridgehead atoms. The van der Waals surface area contributed by atoms with Crippen LogP contribution >= 0.6 is 27.7 Å². The van der Waals surface area contributed by atoms with Crippen LogP contribution < -0.4 is 14.8 Å². The molecule has 0 unspecified atom stereocenters. The van der Waals surface area contributed by atoms with Crippen molar-refractivity contribution in [1.82, 2.24) is 4.90 Å². The Labute approximate surface area is 244 Å². The van der Waals surface area contributed by atoms with Crippen molar-refractivity contribution in [1.29, 1.82) is 0 Å². The van der Waals surface area contributed by atoms with Crippen LogP contribution in [0, 0.1) is 0 Å². The van der Waals surface area contributed by atoms with Gasteiger partial charge in [-0.1, -0.05) is 60.7 Å². The summed E-state index contributed by atoms with van der Waals surface area (Å²) in [7, 11) is 0. The summed E-state index contributed by atoms with van der Waals surface area (Å²) in [6, 6.07) is 26.3. The van der Waals surface area contributed by atoms with Crippen LogP contribution in [0.5, 0.6) is 11.5 Å². The average molecular weight is 618 g/mol. The molecule has 40 heavy (non-hydrogen) atoms. The molecule has 1 fully saturated rings. The van der Waals surface area contributed by atoms with Crippen LogP contribution in [0.4, 0.5) is 10.5 Å². The number of carbonyl (C=O) groups is 3. The number of hydrogen-bond donors (Lipinski definition) is 1. The van der Waals surface area contributed by atoms with Gasteiger partial charge in [0.1, 0.15) is 0 Å². The van der Waals surface area contributed by atoms with Crippen LogP contribution in [-0.2, 0) is 16.1 Å². The van der Waals surface area contributed by atoms with E-state index in [-0.39, 0.29) is 30.2 Å². The van der Waals surface area contributed by atoms with Crippen LogP contribution in [0.3, 0.4) is 0 Å². The second kappa shape index (κ2) is 12.4. The minimum atomic E-state index is -0.352. The minimum absolute atomic E-state index is 0.190. The Hall–Kier alpha value is -4.08. The number of para-hydroxylation sites is 1. The molecule has 7 nitrogen and oxygen atoms in total. The number of imide groups is 1. The molecule has 4 aromatic rings. The molecule has 5 rings (SSSR count). The fourth-order valence-electron chi connectivity index (χ4n) is 4.32. The van der Waals surface area contributed by atoms with Gasteiger partial charge >= 0.3 is 0 Å². The zero-order valence-electron chi connectivity index (χ0n) is 21.6. The average Bonchev–Trinajstić information content (AvgIpc) is 3.20. The molecule has 9 heteroatoms. The fourth-order valence-corrected chi connectivity index (χ4v) is 5.73. The number of halogens is 1. The number of benzene rings is 4. The molecule has 0 spiro atoms. The first-order valence-electron chi connectivity index (χ1n) is 12.6. The molecule has 4 aromatic carbocycles. The number of nitrogens with one attached hydrogen (secondary N) is 1. The van der Waals surface area contributed by atoms with Crippen molar-refractivity contribution in [3.05, 3.63) is 105 Å². The maximum Gasteiger partial charge on any atom is 0.293 e. The highest BCUT2D eigenvalue weighted by Crippen LogP contribution is 2.40. The van der Waals surface area contributed by atoms with Crippen molar-refractivity contribution in [3.63, 3.8) is 0 Å². The number of fused-ring (bicyclic) bond motifs is 1. The van der Waals surface area contributed by atoms with E-state index in [2.05, 4.69) is 21.2 Å². The van der Waals surface area contributed by atoms with Crippen LogP contribution in [-0.4, -0.2) is 35.2 Å². The molecule has 1 aliphatic rings. The summed E-state index contributed by atoms with van der Waals surface area (Å²) in [5.41, 5.74) is 2.22. The number of rotatable bonds is 9. The van der Waals surface area contributed by atoms with E-state index >= 15 is 0 Å². The largest absolute Gasteiger partial charge is 0.490 e. The number of thioether (sulfide) groups is 1. The number of carbonyl (C=O) groups excluding carboxylic acids is 3. The normalized spacial score (nSPS) is 14.2. The van der Waals surface area contributed by atoms with Gasteiger partial charge in [-0.05, 0) is 86.9 Å². The molecule has 1 heterocycles. The molecule has 1 saturated heterocycles. The summed E-state index contributed by atoms with van der Waals surface area (Å²) in [4.78, 5) is 40.1. The molecule has 3 amide bonds. The van der Waals surface area contributed by atoms with E-state index in [0.29, 0.717) is 38.7 Å². The summed E-state index contributed by atoms with van der Waals surface area (Å²) in [6.07, 6.45) is 1.66. The predicted octanol–water partition coefficient (Wildman–Crippen LogP) is 7.26. The summed E-state index contributed by atoms with van der Waals surface area (Å²) < 4.78 is 12.1. The lowest BCUT2D eigenvalue weighted by molar-refractivity contribution is -0.123. The lowest BCUT2D eigenvalue weighted by Gasteiger charge is -2.15. The first kappa shape index (κ1) is 27.5. The summed E-state index contributed by atoms with van der Waals surface area (Å²) in [6.45, 7) is 2.17. The molecule has 0 radical (unpaired) electrons. The van der Waals surface area contributed by atoms with Crippen molar-refractivity contribution in [2.45, 2.75) is 13.5 Å². The van der Waals surface area contributed by atoms with Gasteiger partial charge in [-0.3, -0.25) is 19.3 Å². The maximum absolute atomic E-state index is 13.3. The van der Waals surface area contributed by atoms with Gasteiger partial charge in [-0.15, -0.1) is 0 Å². The Bertz CT molecular complexity index is 1620. The van der Waals surface area contributed by atoms with Crippen molar-refractivity contribution in [2.75, 3.05) is 18.5 Å². The summed E-state index contributed by atoms with van der Waals surface area (Å²) in [5.74, 6) is 0.108. The number of hydrogen-bond acceptors (Lipinski definition) is 6. The first-order chi connectivity index (χ1) is 19.4. The Morgan fingerprint density at radius 2 is 1.73 bits per heavy atom. The highest BCUT2D eigenvalue weighted by Gasteiger charge is 2.35. The SMILES string of the molecule is CCOc1cc(/C=C2\SC(=O)N(Cc3cccc4ccccc34)C2=O)cc(Br)c1OCC(=O)Nc1ccccc1. The van der Waals surface area contributed by atoms with Crippen LogP contribution in [0.2, 0.25) is 0 Å². The van der Waals surface area contributed by atoms with Crippen LogP contribution in [0.25, 0.3) is 16.8 Å². The minimum Gasteiger partial charge on any atom is -0.490 e. The zero-order valence-corrected chi connectivity index (χ0v) is 24.0. The second-order valence-electron chi connectivity index (χ2n) is 8.87. The van der Waals surface area contributed by atoms with Crippen LogP contribution in [0.1, 0.15) is 18.1 Å². The molecule has 1 aliphatic heterocycles. The van der Waals surface area contributed by atoms with Gasteiger partial charge in [-0.2, -0.15) is 0 Å². The van der Waals surface area contributed by atoms with Crippen molar-refractivity contribution < 1.29 is 23.9 Å². The Morgan fingerprint density at radius 3 is 2.52 bits per heavy atom. The smallest absolute Gasteiger partial charge is 0.293 e. The van der Waals surface area contributed by atoms with E-state index in [1.807, 2.05) is 67.6 Å². The molecular formula is C31H25BrN2O5S. The quantitative estimate of drug-likeness (QED) is 0.199.